The van der Waals surface area contributed by atoms with E-state index in [1.54, 1.807) is 0 Å². The summed E-state index contributed by atoms with van der Waals surface area (Å²) in [4.78, 5) is 40.2. The molecule has 2 aliphatic rings. The van der Waals surface area contributed by atoms with Crippen LogP contribution in [0.5, 0.6) is 11.8 Å². The summed E-state index contributed by atoms with van der Waals surface area (Å²) in [7, 11) is 5.41. The number of anilines is 2. The second-order valence-corrected chi connectivity index (χ2v) is 11.9. The van der Waals surface area contributed by atoms with Crippen molar-refractivity contribution in [1.82, 2.24) is 19.8 Å². The van der Waals surface area contributed by atoms with E-state index in [1.807, 2.05) is 61.2 Å². The summed E-state index contributed by atoms with van der Waals surface area (Å²) in [5, 5.41) is 2.27. The molecule has 3 aromatic rings. The van der Waals surface area contributed by atoms with Crippen molar-refractivity contribution in [3.63, 3.8) is 0 Å². The Morgan fingerprint density at radius 3 is 2.40 bits per heavy atom. The number of methoxy groups -OCH3 is 1. The SMILES string of the molecule is COCOc1cc(N2CCc3c(nc(O[C@H](C)CN(C)C)nc3N3CCN(C(=O)OC(=O)C(F)(F)F)CC3)C2)c2ccccc2c1Cl. The smallest absolute Gasteiger partial charge is 0.466 e. The number of alkyl halides is 3. The van der Waals surface area contributed by atoms with E-state index in [4.69, 9.17) is 35.8 Å². The maximum absolute atomic E-state index is 12.6. The highest BCUT2D eigenvalue weighted by atomic mass is 35.5. The van der Waals surface area contributed by atoms with Crippen LogP contribution in [0.15, 0.2) is 30.3 Å². The number of esters is 1. The molecule has 1 aromatic heterocycles. The molecule has 0 unspecified atom stereocenters. The Kier molecular flexibility index (Phi) is 10.5. The number of fused-ring (bicyclic) bond motifs is 2. The van der Waals surface area contributed by atoms with Gasteiger partial charge in [-0.3, -0.25) is 0 Å². The lowest BCUT2D eigenvalue weighted by Crippen LogP contribution is -2.50. The number of benzene rings is 2. The van der Waals surface area contributed by atoms with Gasteiger partial charge in [0, 0.05) is 74.5 Å². The van der Waals surface area contributed by atoms with Gasteiger partial charge < -0.3 is 38.5 Å². The number of ether oxygens (including phenoxy) is 4. The summed E-state index contributed by atoms with van der Waals surface area (Å²) in [5.41, 5.74) is 2.57. The zero-order valence-corrected chi connectivity index (χ0v) is 27.2. The topological polar surface area (TPSA) is 110 Å². The highest BCUT2D eigenvalue weighted by Crippen LogP contribution is 2.41. The first-order valence-electron chi connectivity index (χ1n) is 15.0. The molecule has 0 spiro atoms. The number of piperazine rings is 1. The van der Waals surface area contributed by atoms with Crippen molar-refractivity contribution in [2.24, 2.45) is 0 Å². The van der Waals surface area contributed by atoms with Gasteiger partial charge in [0.05, 0.1) is 17.3 Å². The number of amides is 1. The molecule has 2 aliphatic heterocycles. The Hall–Kier alpha value is -4.08. The summed E-state index contributed by atoms with van der Waals surface area (Å²) in [6, 6.07) is 9.89. The van der Waals surface area contributed by atoms with Gasteiger partial charge in [-0.1, -0.05) is 35.9 Å². The molecule has 1 amide bonds. The molecule has 1 fully saturated rings. The van der Waals surface area contributed by atoms with Gasteiger partial charge in [0.1, 0.15) is 17.7 Å². The van der Waals surface area contributed by atoms with Crippen LogP contribution in [0.2, 0.25) is 5.02 Å². The zero-order valence-electron chi connectivity index (χ0n) is 26.5. The number of hydrogen-bond donors (Lipinski definition) is 0. The Morgan fingerprint density at radius 2 is 1.74 bits per heavy atom. The molecule has 254 valence electrons. The minimum Gasteiger partial charge on any atom is -0.466 e. The van der Waals surface area contributed by atoms with E-state index >= 15 is 0 Å². The summed E-state index contributed by atoms with van der Waals surface area (Å²) >= 11 is 6.71. The van der Waals surface area contributed by atoms with E-state index in [2.05, 4.69) is 9.64 Å². The van der Waals surface area contributed by atoms with Crippen molar-refractivity contribution < 1.29 is 41.7 Å². The number of aromatic nitrogens is 2. The molecular weight excluding hydrogens is 645 g/mol. The number of rotatable bonds is 9. The molecule has 3 heterocycles. The first kappa shape index (κ1) is 34.3. The van der Waals surface area contributed by atoms with E-state index in [1.165, 1.54) is 7.11 Å². The maximum Gasteiger partial charge on any atom is 0.491 e. The average molecular weight is 681 g/mol. The van der Waals surface area contributed by atoms with Crippen LogP contribution in [0, 0.1) is 0 Å². The van der Waals surface area contributed by atoms with Gasteiger partial charge in [-0.15, -0.1) is 0 Å². The molecule has 0 aliphatic carbocycles. The molecule has 0 radical (unpaired) electrons. The van der Waals surface area contributed by atoms with Crippen molar-refractivity contribution in [1.29, 1.82) is 0 Å². The quantitative estimate of drug-likeness (QED) is 0.181. The van der Waals surface area contributed by atoms with E-state index in [0.29, 0.717) is 42.6 Å². The lowest BCUT2D eigenvalue weighted by atomic mass is 10.0. The van der Waals surface area contributed by atoms with Gasteiger partial charge in [-0.25, -0.2) is 9.59 Å². The van der Waals surface area contributed by atoms with Crippen molar-refractivity contribution in [3.8, 4) is 11.8 Å². The Morgan fingerprint density at radius 1 is 1.04 bits per heavy atom. The Labute approximate surface area is 274 Å². The normalized spacial score (nSPS) is 15.9. The van der Waals surface area contributed by atoms with E-state index < -0.39 is 18.2 Å². The van der Waals surface area contributed by atoms with Gasteiger partial charge in [0.15, 0.2) is 6.79 Å². The fraction of sp³-hybridized carbons (Fsp3) is 0.484. The van der Waals surface area contributed by atoms with Crippen LogP contribution < -0.4 is 19.3 Å². The van der Waals surface area contributed by atoms with Gasteiger partial charge in [-0.2, -0.15) is 23.1 Å². The predicted octanol–water partition coefficient (Wildman–Crippen LogP) is 4.51. The van der Waals surface area contributed by atoms with E-state index in [9.17, 15) is 22.8 Å². The largest absolute Gasteiger partial charge is 0.491 e. The molecule has 47 heavy (non-hydrogen) atoms. The van der Waals surface area contributed by atoms with Crippen molar-refractivity contribution >= 4 is 45.9 Å². The summed E-state index contributed by atoms with van der Waals surface area (Å²) in [6.07, 6.45) is -6.25. The van der Waals surface area contributed by atoms with Crippen LogP contribution in [-0.2, 0) is 27.2 Å². The standard InChI is InChI=1S/C31H36ClF3N6O6/c1-19(16-38(2)3)46-29-36-23-17-41(24-15-25(45-18-44-4)26(32)21-8-6-5-7-20(21)24)10-9-22(23)27(37-29)39-11-13-40(14-12-39)30(43)47-28(42)31(33,34)35/h5-8,15,19H,9-14,16-18H2,1-4H3/t19-/m1/s1. The number of carbonyl (C=O) groups excluding carboxylic acids is 2. The number of hydrogen-bond acceptors (Lipinski definition) is 11. The van der Waals surface area contributed by atoms with Crippen molar-refractivity contribution in [2.45, 2.75) is 32.2 Å². The number of nitrogens with zero attached hydrogens (tertiary/aromatic N) is 6. The molecule has 2 aromatic carbocycles. The van der Waals surface area contributed by atoms with Gasteiger partial charge in [-0.05, 0) is 27.4 Å². The maximum atomic E-state index is 12.6. The van der Waals surface area contributed by atoms with Gasteiger partial charge >= 0.3 is 24.2 Å². The number of carbonyl (C=O) groups is 2. The number of halogens is 4. The number of likely N-dealkylation sites (N-methyl/N-ethyl adjacent to an activating group) is 1. The molecule has 5 rings (SSSR count). The molecule has 1 atom stereocenters. The van der Waals surface area contributed by atoms with E-state index in [-0.39, 0.29) is 45.1 Å². The van der Waals surface area contributed by atoms with Crippen LogP contribution in [0.3, 0.4) is 0 Å². The second-order valence-electron chi connectivity index (χ2n) is 11.5. The highest BCUT2D eigenvalue weighted by Gasteiger charge is 2.43. The van der Waals surface area contributed by atoms with Gasteiger partial charge in [0.2, 0.25) is 0 Å². The Balaban J connectivity index is 1.44. The Bertz CT molecular complexity index is 1620. The third-order valence-electron chi connectivity index (χ3n) is 7.80. The molecule has 0 saturated carbocycles. The van der Waals surface area contributed by atoms with Crippen molar-refractivity contribution in [3.05, 3.63) is 46.6 Å². The summed E-state index contributed by atoms with van der Waals surface area (Å²) < 4.78 is 58.9. The third kappa shape index (κ3) is 7.91. The van der Waals surface area contributed by atoms with Crippen LogP contribution in [0.25, 0.3) is 10.8 Å². The first-order valence-corrected chi connectivity index (χ1v) is 15.4. The minimum atomic E-state index is -5.26. The zero-order chi connectivity index (χ0) is 33.9. The average Bonchev–Trinajstić information content (AvgIpc) is 3.03. The van der Waals surface area contributed by atoms with E-state index in [0.717, 1.165) is 32.6 Å². The fourth-order valence-electron chi connectivity index (χ4n) is 5.73. The van der Waals surface area contributed by atoms with Crippen LogP contribution in [0.4, 0.5) is 29.5 Å². The molecule has 0 bridgehead atoms. The molecule has 16 heteroatoms. The minimum absolute atomic E-state index is 0.0309. The van der Waals surface area contributed by atoms with Crippen molar-refractivity contribution in [2.75, 3.05) is 77.1 Å². The first-order chi connectivity index (χ1) is 22.3. The fourth-order valence-corrected chi connectivity index (χ4v) is 6.00. The highest BCUT2D eigenvalue weighted by molar-refractivity contribution is 6.37. The summed E-state index contributed by atoms with van der Waals surface area (Å²) in [6.45, 7) is 4.17. The lowest BCUT2D eigenvalue weighted by Gasteiger charge is -2.38. The lowest BCUT2D eigenvalue weighted by molar-refractivity contribution is -0.193. The summed E-state index contributed by atoms with van der Waals surface area (Å²) in [5.74, 6) is -1.42. The van der Waals surface area contributed by atoms with Gasteiger partial charge in [0.25, 0.3) is 0 Å². The van der Waals surface area contributed by atoms with Crippen LogP contribution >= 0.6 is 11.6 Å². The molecular formula is C31H36ClF3N6O6. The molecule has 1 saturated heterocycles. The molecule has 0 N–H and O–H groups in total. The predicted molar refractivity (Wildman–Crippen MR) is 168 cm³/mol. The monoisotopic (exact) mass is 680 g/mol. The van der Waals surface area contributed by atoms with Crippen LogP contribution in [0.1, 0.15) is 18.2 Å². The second kappa shape index (κ2) is 14.4. The third-order valence-corrected chi connectivity index (χ3v) is 8.19. The molecule has 12 nitrogen and oxygen atoms in total. The van der Waals surface area contributed by atoms with Crippen LogP contribution in [-0.4, -0.2) is 111 Å².